The van der Waals surface area contributed by atoms with Gasteiger partial charge in [-0.2, -0.15) is 0 Å². The number of benzene rings is 5. The Balaban J connectivity index is 1.45. The van der Waals surface area contributed by atoms with Crippen LogP contribution < -0.4 is 0 Å². The Kier molecular flexibility index (Phi) is 7.14. The molecule has 0 saturated carbocycles. The number of phenolic OH excluding ortho intramolecular Hbond substituents is 7. The molecular weight excluding hydrogens is 616 g/mol. The van der Waals surface area contributed by atoms with E-state index in [9.17, 15) is 35.7 Å². The summed E-state index contributed by atoms with van der Waals surface area (Å²) in [4.78, 5) is 0. The number of fused-ring (bicyclic) bond motifs is 5. The smallest absolute Gasteiger partial charge is 0.127 e. The number of hydrogen-bond acceptors (Lipinski definition) is 7. The van der Waals surface area contributed by atoms with Crippen LogP contribution in [0.1, 0.15) is 50.8 Å². The van der Waals surface area contributed by atoms with Crippen LogP contribution in [0.15, 0.2) is 115 Å². The second-order valence-electron chi connectivity index (χ2n) is 13.2. The Morgan fingerprint density at radius 3 is 1.67 bits per heavy atom. The molecule has 3 aliphatic rings. The van der Waals surface area contributed by atoms with Crippen LogP contribution in [0.3, 0.4) is 0 Å². The minimum atomic E-state index is -0.288. The second-order valence-corrected chi connectivity index (χ2v) is 13.2. The average Bonchev–Trinajstić information content (AvgIpc) is 3.06. The molecule has 5 aromatic carbocycles. The zero-order chi connectivity index (χ0) is 34.0. The van der Waals surface area contributed by atoms with Gasteiger partial charge < -0.3 is 35.7 Å². The lowest BCUT2D eigenvalue weighted by Crippen LogP contribution is -2.35. The summed E-state index contributed by atoms with van der Waals surface area (Å²) in [6, 6.07) is 27.3. The van der Waals surface area contributed by atoms with Crippen molar-refractivity contribution in [2.75, 3.05) is 0 Å². The van der Waals surface area contributed by atoms with E-state index in [-0.39, 0.29) is 63.9 Å². The molecule has 7 N–H and O–H groups in total. The fourth-order valence-electron chi connectivity index (χ4n) is 8.32. The number of aromatic hydroxyl groups is 7. The first-order valence-electron chi connectivity index (χ1n) is 16.3. The third kappa shape index (κ3) is 5.24. The first-order valence-corrected chi connectivity index (χ1v) is 16.3. The molecule has 8 rings (SSSR count). The first-order chi connectivity index (χ1) is 23.6. The fraction of sp³-hybridized carbons (Fsp3) is 0.143. The highest BCUT2D eigenvalue weighted by Gasteiger charge is 2.46. The minimum absolute atomic E-state index is 0.0391. The lowest BCUT2D eigenvalue weighted by atomic mass is 9.56. The van der Waals surface area contributed by atoms with Crippen molar-refractivity contribution >= 4 is 17.2 Å². The predicted octanol–water partition coefficient (Wildman–Crippen LogP) is 8.10. The minimum Gasteiger partial charge on any atom is -0.508 e. The Hall–Kier alpha value is -6.08. The van der Waals surface area contributed by atoms with E-state index < -0.39 is 0 Å². The van der Waals surface area contributed by atoms with E-state index in [1.165, 1.54) is 12.1 Å². The van der Waals surface area contributed by atoms with Crippen molar-refractivity contribution in [1.29, 1.82) is 0 Å². The molecule has 0 heterocycles. The van der Waals surface area contributed by atoms with Gasteiger partial charge in [0.25, 0.3) is 0 Å². The third-order valence-corrected chi connectivity index (χ3v) is 10.3. The van der Waals surface area contributed by atoms with Crippen molar-refractivity contribution in [3.05, 3.63) is 154 Å². The van der Waals surface area contributed by atoms with Crippen LogP contribution in [0.5, 0.6) is 40.2 Å². The van der Waals surface area contributed by atoms with Gasteiger partial charge in [-0.25, -0.2) is 0 Å². The molecule has 4 unspecified atom stereocenters. The SMILES string of the molecule is Oc1ccc(/C=C\C2C3=C(C=C4c5c(O)cc(O)cc5CC(c5ccc(O)cc5)C42)c2c(O)cc(O)cc2CC3c2ccc(O)cc2)cc1. The van der Waals surface area contributed by atoms with E-state index in [0.717, 1.165) is 44.5 Å². The van der Waals surface area contributed by atoms with Gasteiger partial charge in [0.05, 0.1) is 0 Å². The van der Waals surface area contributed by atoms with E-state index in [1.54, 1.807) is 48.5 Å². The standard InChI is InChI=1S/C42H34O7/c43-27-8-1-22(2-9-27)3-14-32-41-33(23-4-10-28(44)11-5-23)17-25-15-30(46)19-37(48)39(25)35(41)21-36-40-26(16-31(47)20-38(40)49)18-34(42(32)36)24-6-12-29(45)13-7-24/h1-16,19-21,32-34,41,43-49H,17-18H2/b14-3-. The first kappa shape index (κ1) is 30.3. The molecular formula is C42H34O7. The Bertz CT molecular complexity index is 2190. The molecule has 0 bridgehead atoms. The number of phenols is 7. The molecule has 0 aliphatic heterocycles. The summed E-state index contributed by atoms with van der Waals surface area (Å²) in [5.74, 6) is -0.565. The summed E-state index contributed by atoms with van der Waals surface area (Å²) in [6.07, 6.45) is 7.23. The van der Waals surface area contributed by atoms with Gasteiger partial charge in [-0.05, 0) is 118 Å². The molecule has 0 saturated heterocycles. The summed E-state index contributed by atoms with van der Waals surface area (Å²) >= 11 is 0. The van der Waals surface area contributed by atoms with Gasteiger partial charge in [0, 0.05) is 41.0 Å². The quantitative estimate of drug-likeness (QED) is 0.104. The molecule has 244 valence electrons. The molecule has 0 radical (unpaired) electrons. The molecule has 4 atom stereocenters. The van der Waals surface area contributed by atoms with E-state index >= 15 is 0 Å². The molecule has 0 spiro atoms. The zero-order valence-electron chi connectivity index (χ0n) is 26.3. The molecule has 3 aliphatic carbocycles. The molecule has 0 amide bonds. The van der Waals surface area contributed by atoms with Crippen molar-refractivity contribution in [3.8, 4) is 40.2 Å². The van der Waals surface area contributed by atoms with E-state index in [1.807, 2.05) is 42.5 Å². The summed E-state index contributed by atoms with van der Waals surface area (Å²) in [7, 11) is 0. The number of allylic oxidation sites excluding steroid dienone is 5. The maximum atomic E-state index is 11.4. The van der Waals surface area contributed by atoms with Gasteiger partial charge in [0.1, 0.15) is 40.2 Å². The van der Waals surface area contributed by atoms with E-state index in [2.05, 4.69) is 12.2 Å². The highest BCUT2D eigenvalue weighted by atomic mass is 16.3. The van der Waals surface area contributed by atoms with Crippen molar-refractivity contribution in [3.63, 3.8) is 0 Å². The van der Waals surface area contributed by atoms with Crippen LogP contribution in [-0.4, -0.2) is 35.7 Å². The maximum Gasteiger partial charge on any atom is 0.127 e. The number of rotatable bonds is 4. The monoisotopic (exact) mass is 650 g/mol. The Morgan fingerprint density at radius 2 is 1.06 bits per heavy atom. The summed E-state index contributed by atoms with van der Waals surface area (Å²) in [5, 5.41) is 74.4. The van der Waals surface area contributed by atoms with Crippen molar-refractivity contribution < 1.29 is 35.7 Å². The highest BCUT2D eigenvalue weighted by Crippen LogP contribution is 2.61. The zero-order valence-corrected chi connectivity index (χ0v) is 26.3. The lowest BCUT2D eigenvalue weighted by molar-refractivity contribution is 0.401. The van der Waals surface area contributed by atoms with Crippen LogP contribution in [0.25, 0.3) is 17.2 Å². The highest BCUT2D eigenvalue weighted by molar-refractivity contribution is 5.96. The Morgan fingerprint density at radius 1 is 0.531 bits per heavy atom. The summed E-state index contributed by atoms with van der Waals surface area (Å²) in [5.41, 5.74) is 8.32. The molecule has 7 nitrogen and oxygen atoms in total. The second kappa shape index (κ2) is 11.6. The topological polar surface area (TPSA) is 142 Å². The van der Waals surface area contributed by atoms with Crippen LogP contribution >= 0.6 is 0 Å². The average molecular weight is 651 g/mol. The largest absolute Gasteiger partial charge is 0.508 e. The summed E-state index contributed by atoms with van der Waals surface area (Å²) < 4.78 is 0. The predicted molar refractivity (Wildman–Crippen MR) is 188 cm³/mol. The van der Waals surface area contributed by atoms with Crippen molar-refractivity contribution in [2.24, 2.45) is 11.8 Å². The van der Waals surface area contributed by atoms with E-state index in [0.29, 0.717) is 24.0 Å². The van der Waals surface area contributed by atoms with Gasteiger partial charge in [-0.1, -0.05) is 48.6 Å². The van der Waals surface area contributed by atoms with Crippen LogP contribution in [0.2, 0.25) is 0 Å². The van der Waals surface area contributed by atoms with Crippen LogP contribution in [0, 0.1) is 11.8 Å². The van der Waals surface area contributed by atoms with Crippen molar-refractivity contribution in [1.82, 2.24) is 0 Å². The normalized spacial score (nSPS) is 21.0. The molecule has 0 aromatic heterocycles. The Labute approximate surface area is 283 Å². The number of hydrogen-bond donors (Lipinski definition) is 7. The van der Waals surface area contributed by atoms with Crippen molar-refractivity contribution in [2.45, 2.75) is 24.7 Å². The fourth-order valence-corrected chi connectivity index (χ4v) is 8.32. The van der Waals surface area contributed by atoms with Gasteiger partial charge in [-0.15, -0.1) is 0 Å². The molecule has 5 aromatic rings. The van der Waals surface area contributed by atoms with E-state index in [4.69, 9.17) is 0 Å². The van der Waals surface area contributed by atoms with Gasteiger partial charge >= 0.3 is 0 Å². The maximum absolute atomic E-state index is 11.4. The third-order valence-electron chi connectivity index (χ3n) is 10.3. The summed E-state index contributed by atoms with van der Waals surface area (Å²) in [6.45, 7) is 0. The van der Waals surface area contributed by atoms with Gasteiger partial charge in [-0.3, -0.25) is 0 Å². The molecule has 0 fully saturated rings. The lowest BCUT2D eigenvalue weighted by Gasteiger charge is -2.47. The van der Waals surface area contributed by atoms with Gasteiger partial charge in [0.2, 0.25) is 0 Å². The van der Waals surface area contributed by atoms with Gasteiger partial charge in [0.15, 0.2) is 0 Å². The van der Waals surface area contributed by atoms with Crippen LogP contribution in [0.4, 0.5) is 0 Å². The molecule has 7 heteroatoms. The van der Waals surface area contributed by atoms with Crippen LogP contribution in [-0.2, 0) is 12.8 Å². The molecule has 49 heavy (non-hydrogen) atoms.